The molecule has 0 aromatic heterocycles. The van der Waals surface area contributed by atoms with Gasteiger partial charge in [-0.25, -0.2) is 0 Å². The smallest absolute Gasteiger partial charge is 0.242 e. The number of amides is 2. The van der Waals surface area contributed by atoms with E-state index in [1.807, 2.05) is 32.0 Å². The van der Waals surface area contributed by atoms with E-state index in [9.17, 15) is 9.59 Å². The van der Waals surface area contributed by atoms with Crippen LogP contribution in [0.3, 0.4) is 0 Å². The van der Waals surface area contributed by atoms with Crippen LogP contribution in [0.4, 0.5) is 0 Å². The standard InChI is InChI=1S/C22H25Cl3N2O2/c1-4-14(2)26-22(29)15(3)27(13-17-7-5-6-8-19(17)24)21(28)11-16-9-10-18(23)12-20(16)25/h5-10,12,14-15H,4,11,13H2,1-3H3,(H,26,29)/t14-,15+/m1/s1. The highest BCUT2D eigenvalue weighted by Gasteiger charge is 2.27. The minimum atomic E-state index is -0.668. The number of hydrogen-bond acceptors (Lipinski definition) is 2. The molecule has 2 aromatic carbocycles. The molecular formula is C22H25Cl3N2O2. The first-order valence-corrected chi connectivity index (χ1v) is 10.6. The molecule has 4 nitrogen and oxygen atoms in total. The molecule has 2 atom stereocenters. The molecule has 156 valence electrons. The molecule has 2 aromatic rings. The van der Waals surface area contributed by atoms with Crippen molar-refractivity contribution in [1.82, 2.24) is 10.2 Å². The summed E-state index contributed by atoms with van der Waals surface area (Å²) in [6.45, 7) is 5.86. The minimum absolute atomic E-state index is 0.0212. The van der Waals surface area contributed by atoms with Gasteiger partial charge >= 0.3 is 0 Å². The molecule has 0 aliphatic rings. The van der Waals surface area contributed by atoms with Gasteiger partial charge < -0.3 is 10.2 Å². The Labute approximate surface area is 187 Å². The second kappa shape index (κ2) is 10.9. The van der Waals surface area contributed by atoms with Gasteiger partial charge in [0.2, 0.25) is 11.8 Å². The first-order valence-electron chi connectivity index (χ1n) is 9.50. The van der Waals surface area contributed by atoms with E-state index in [-0.39, 0.29) is 30.8 Å². The van der Waals surface area contributed by atoms with E-state index in [0.717, 1.165) is 12.0 Å². The Morgan fingerprint density at radius 3 is 2.31 bits per heavy atom. The molecule has 2 amide bonds. The Morgan fingerprint density at radius 1 is 1.00 bits per heavy atom. The predicted molar refractivity (Wildman–Crippen MR) is 120 cm³/mol. The third-order valence-corrected chi connectivity index (χ3v) is 5.78. The van der Waals surface area contributed by atoms with Gasteiger partial charge in [-0.3, -0.25) is 9.59 Å². The fourth-order valence-corrected chi connectivity index (χ4v) is 3.46. The monoisotopic (exact) mass is 454 g/mol. The van der Waals surface area contributed by atoms with Crippen molar-refractivity contribution in [2.45, 2.75) is 52.2 Å². The molecular weight excluding hydrogens is 431 g/mol. The lowest BCUT2D eigenvalue weighted by Crippen LogP contribution is -2.50. The molecule has 0 spiro atoms. The number of nitrogens with zero attached hydrogens (tertiary/aromatic N) is 1. The summed E-state index contributed by atoms with van der Waals surface area (Å²) in [6.07, 6.45) is 0.860. The normalized spacial score (nSPS) is 12.9. The number of rotatable bonds is 8. The van der Waals surface area contributed by atoms with Crippen molar-refractivity contribution in [3.63, 3.8) is 0 Å². The van der Waals surface area contributed by atoms with E-state index < -0.39 is 6.04 Å². The second-order valence-electron chi connectivity index (χ2n) is 7.02. The Balaban J connectivity index is 2.28. The highest BCUT2D eigenvalue weighted by Crippen LogP contribution is 2.24. The number of carbonyl (C=O) groups is 2. The first kappa shape index (κ1) is 23.5. The van der Waals surface area contributed by atoms with E-state index in [1.165, 1.54) is 4.90 Å². The fourth-order valence-electron chi connectivity index (χ4n) is 2.79. The van der Waals surface area contributed by atoms with E-state index in [1.54, 1.807) is 31.2 Å². The maximum absolute atomic E-state index is 13.2. The van der Waals surface area contributed by atoms with Crippen LogP contribution in [0.5, 0.6) is 0 Å². The molecule has 0 fully saturated rings. The zero-order valence-electron chi connectivity index (χ0n) is 16.7. The summed E-state index contributed by atoms with van der Waals surface area (Å²) in [7, 11) is 0. The summed E-state index contributed by atoms with van der Waals surface area (Å²) in [5.41, 5.74) is 1.42. The summed E-state index contributed by atoms with van der Waals surface area (Å²) in [5, 5.41) is 4.40. The molecule has 29 heavy (non-hydrogen) atoms. The molecule has 2 rings (SSSR count). The molecule has 0 saturated heterocycles. The summed E-state index contributed by atoms with van der Waals surface area (Å²) in [4.78, 5) is 27.4. The molecule has 0 saturated carbocycles. The van der Waals surface area contributed by atoms with Crippen LogP contribution in [0.2, 0.25) is 15.1 Å². The van der Waals surface area contributed by atoms with Crippen LogP contribution < -0.4 is 5.32 Å². The second-order valence-corrected chi connectivity index (χ2v) is 8.27. The number of halogens is 3. The molecule has 0 aliphatic carbocycles. The first-order chi connectivity index (χ1) is 13.7. The van der Waals surface area contributed by atoms with E-state index in [2.05, 4.69) is 5.32 Å². The van der Waals surface area contributed by atoms with Crippen LogP contribution in [0, 0.1) is 0 Å². The minimum Gasteiger partial charge on any atom is -0.352 e. The third kappa shape index (κ3) is 6.63. The maximum atomic E-state index is 13.2. The van der Waals surface area contributed by atoms with Gasteiger partial charge in [0, 0.05) is 27.7 Å². The average molecular weight is 456 g/mol. The quantitative estimate of drug-likeness (QED) is 0.569. The highest BCUT2D eigenvalue weighted by atomic mass is 35.5. The summed E-state index contributed by atoms with van der Waals surface area (Å²) < 4.78 is 0. The Morgan fingerprint density at radius 2 is 1.69 bits per heavy atom. The van der Waals surface area contributed by atoms with Crippen molar-refractivity contribution in [2.24, 2.45) is 0 Å². The number of carbonyl (C=O) groups excluding carboxylic acids is 2. The lowest BCUT2D eigenvalue weighted by Gasteiger charge is -2.30. The fraction of sp³-hybridized carbons (Fsp3) is 0.364. The van der Waals surface area contributed by atoms with Crippen molar-refractivity contribution in [1.29, 1.82) is 0 Å². The van der Waals surface area contributed by atoms with Crippen LogP contribution >= 0.6 is 34.8 Å². The lowest BCUT2D eigenvalue weighted by molar-refractivity contribution is -0.140. The molecule has 7 heteroatoms. The van der Waals surface area contributed by atoms with Gasteiger partial charge in [0.05, 0.1) is 6.42 Å². The van der Waals surface area contributed by atoms with Crippen LogP contribution in [-0.4, -0.2) is 28.8 Å². The Hall–Kier alpha value is -1.75. The van der Waals surface area contributed by atoms with Crippen molar-refractivity contribution in [2.75, 3.05) is 0 Å². The third-order valence-electron chi connectivity index (χ3n) is 4.82. The molecule has 0 aliphatic heterocycles. The van der Waals surface area contributed by atoms with Gasteiger partial charge in [-0.15, -0.1) is 0 Å². The summed E-state index contributed by atoms with van der Waals surface area (Å²) in [6, 6.07) is 11.6. The van der Waals surface area contributed by atoms with Crippen molar-refractivity contribution in [3.05, 3.63) is 68.7 Å². The molecule has 0 bridgehead atoms. The average Bonchev–Trinajstić information content (AvgIpc) is 2.68. The van der Waals surface area contributed by atoms with Crippen LogP contribution in [0.15, 0.2) is 42.5 Å². The van der Waals surface area contributed by atoms with Gasteiger partial charge in [0.25, 0.3) is 0 Å². The number of benzene rings is 2. The van der Waals surface area contributed by atoms with Crippen LogP contribution in [-0.2, 0) is 22.6 Å². The maximum Gasteiger partial charge on any atom is 0.242 e. The molecule has 1 N–H and O–H groups in total. The lowest BCUT2D eigenvalue weighted by atomic mass is 10.1. The number of hydrogen-bond donors (Lipinski definition) is 1. The predicted octanol–water partition coefficient (Wildman–Crippen LogP) is 5.52. The molecule has 0 heterocycles. The highest BCUT2D eigenvalue weighted by molar-refractivity contribution is 6.35. The van der Waals surface area contributed by atoms with Gasteiger partial charge in [-0.05, 0) is 49.6 Å². The largest absolute Gasteiger partial charge is 0.352 e. The van der Waals surface area contributed by atoms with E-state index >= 15 is 0 Å². The topological polar surface area (TPSA) is 49.4 Å². The SMILES string of the molecule is CC[C@@H](C)NC(=O)[C@H](C)N(Cc1ccccc1Cl)C(=O)Cc1ccc(Cl)cc1Cl. The van der Waals surface area contributed by atoms with E-state index in [0.29, 0.717) is 20.6 Å². The van der Waals surface area contributed by atoms with Crippen LogP contribution in [0.25, 0.3) is 0 Å². The van der Waals surface area contributed by atoms with E-state index in [4.69, 9.17) is 34.8 Å². The van der Waals surface area contributed by atoms with Gasteiger partial charge in [-0.1, -0.05) is 66.0 Å². The summed E-state index contributed by atoms with van der Waals surface area (Å²) in [5.74, 6) is -0.428. The Kier molecular flexibility index (Phi) is 8.81. The van der Waals surface area contributed by atoms with Gasteiger partial charge in [-0.2, -0.15) is 0 Å². The molecule has 0 radical (unpaired) electrons. The number of nitrogens with one attached hydrogen (secondary N) is 1. The zero-order valence-corrected chi connectivity index (χ0v) is 19.0. The van der Waals surface area contributed by atoms with Crippen molar-refractivity contribution >= 4 is 46.6 Å². The van der Waals surface area contributed by atoms with Crippen molar-refractivity contribution in [3.8, 4) is 0 Å². The van der Waals surface area contributed by atoms with Gasteiger partial charge in [0.15, 0.2) is 0 Å². The Bertz CT molecular complexity index is 873. The molecule has 0 unspecified atom stereocenters. The van der Waals surface area contributed by atoms with Crippen molar-refractivity contribution < 1.29 is 9.59 Å². The van der Waals surface area contributed by atoms with Crippen LogP contribution in [0.1, 0.15) is 38.3 Å². The zero-order chi connectivity index (χ0) is 21.6. The van der Waals surface area contributed by atoms with Gasteiger partial charge in [0.1, 0.15) is 6.04 Å². The summed E-state index contributed by atoms with van der Waals surface area (Å²) >= 11 is 18.5.